The predicted octanol–water partition coefficient (Wildman–Crippen LogP) is 2.92. The summed E-state index contributed by atoms with van der Waals surface area (Å²) in [6, 6.07) is 13.7. The summed E-state index contributed by atoms with van der Waals surface area (Å²) in [4.78, 5) is 6.83. The smallest absolute Gasteiger partial charge is 0.249 e. The topological polar surface area (TPSA) is 93.7 Å². The molecule has 5 rings (SSSR count). The Hall–Kier alpha value is -3.59. The molecule has 148 valence electrons. The van der Waals surface area contributed by atoms with Gasteiger partial charge in [-0.3, -0.25) is 0 Å². The van der Waals surface area contributed by atoms with Crippen molar-refractivity contribution in [2.45, 2.75) is 0 Å². The van der Waals surface area contributed by atoms with Gasteiger partial charge in [0.05, 0.1) is 30.8 Å². The van der Waals surface area contributed by atoms with Gasteiger partial charge in [-0.15, -0.1) is 5.10 Å². The minimum Gasteiger partial charge on any atom is -0.454 e. The molecule has 0 aliphatic carbocycles. The Morgan fingerprint density at radius 1 is 0.931 bits per heavy atom. The number of para-hydroxylation sites is 2. The maximum atomic E-state index is 5.46. The van der Waals surface area contributed by atoms with E-state index in [0.29, 0.717) is 17.5 Å². The van der Waals surface area contributed by atoms with Crippen LogP contribution in [0.1, 0.15) is 0 Å². The molecule has 29 heavy (non-hydrogen) atoms. The van der Waals surface area contributed by atoms with Gasteiger partial charge < -0.3 is 29.7 Å². The average Bonchev–Trinajstić information content (AvgIpc) is 3.23. The van der Waals surface area contributed by atoms with Crippen molar-refractivity contribution < 1.29 is 14.2 Å². The number of aromatic nitrogens is 3. The molecule has 2 aliphatic heterocycles. The van der Waals surface area contributed by atoms with Gasteiger partial charge in [0.2, 0.25) is 12.7 Å². The largest absolute Gasteiger partial charge is 0.454 e. The predicted molar refractivity (Wildman–Crippen MR) is 108 cm³/mol. The van der Waals surface area contributed by atoms with Crippen LogP contribution in [-0.2, 0) is 4.74 Å². The van der Waals surface area contributed by atoms with Gasteiger partial charge in [0.15, 0.2) is 17.3 Å². The minimum atomic E-state index is 0.235. The molecule has 2 N–H and O–H groups in total. The summed E-state index contributed by atoms with van der Waals surface area (Å²) in [7, 11) is 0. The number of morpholine rings is 1. The second-order valence-corrected chi connectivity index (χ2v) is 6.60. The first-order chi connectivity index (χ1) is 14.3. The lowest BCUT2D eigenvalue weighted by Crippen LogP contribution is -2.36. The summed E-state index contributed by atoms with van der Waals surface area (Å²) in [5.41, 5.74) is 2.87. The Morgan fingerprint density at radius 2 is 1.79 bits per heavy atom. The highest BCUT2D eigenvalue weighted by atomic mass is 16.7. The fourth-order valence-corrected chi connectivity index (χ4v) is 3.32. The van der Waals surface area contributed by atoms with Crippen molar-refractivity contribution in [1.82, 2.24) is 15.2 Å². The van der Waals surface area contributed by atoms with Crippen LogP contribution in [0.25, 0.3) is 0 Å². The molecule has 3 heterocycles. The first-order valence-electron chi connectivity index (χ1n) is 9.40. The number of hydrogen-bond donors (Lipinski definition) is 2. The van der Waals surface area contributed by atoms with Crippen LogP contribution in [0.15, 0.2) is 48.7 Å². The lowest BCUT2D eigenvalue weighted by atomic mass is 10.2. The number of hydrogen-bond acceptors (Lipinski definition) is 9. The highest BCUT2D eigenvalue weighted by molar-refractivity contribution is 5.74. The third-order valence-corrected chi connectivity index (χ3v) is 4.71. The number of fused-ring (bicyclic) bond motifs is 1. The number of ether oxygens (including phenoxy) is 3. The van der Waals surface area contributed by atoms with E-state index in [1.807, 2.05) is 36.4 Å². The zero-order valence-corrected chi connectivity index (χ0v) is 15.7. The van der Waals surface area contributed by atoms with Crippen molar-refractivity contribution in [2.75, 3.05) is 48.6 Å². The second-order valence-electron chi connectivity index (χ2n) is 6.60. The van der Waals surface area contributed by atoms with Gasteiger partial charge in [-0.05, 0) is 24.3 Å². The van der Waals surface area contributed by atoms with Crippen LogP contribution in [-0.4, -0.2) is 48.3 Å². The van der Waals surface area contributed by atoms with Crippen molar-refractivity contribution in [2.24, 2.45) is 0 Å². The summed E-state index contributed by atoms with van der Waals surface area (Å²) in [6.07, 6.45) is 1.60. The van der Waals surface area contributed by atoms with E-state index < -0.39 is 0 Å². The zero-order valence-electron chi connectivity index (χ0n) is 15.7. The molecule has 0 saturated carbocycles. The fraction of sp³-hybridized carbons (Fsp3) is 0.250. The Balaban J connectivity index is 1.34. The molecule has 1 saturated heterocycles. The fourth-order valence-electron chi connectivity index (χ4n) is 3.32. The molecule has 0 atom stereocenters. The van der Waals surface area contributed by atoms with Gasteiger partial charge in [-0.25, -0.2) is 0 Å². The van der Waals surface area contributed by atoms with E-state index in [1.165, 1.54) is 0 Å². The first kappa shape index (κ1) is 17.5. The third-order valence-electron chi connectivity index (χ3n) is 4.71. The normalized spacial score (nSPS) is 15.2. The highest BCUT2D eigenvalue weighted by Crippen LogP contribution is 2.35. The summed E-state index contributed by atoms with van der Waals surface area (Å²) in [5, 5.41) is 14.6. The van der Waals surface area contributed by atoms with Crippen LogP contribution in [0, 0.1) is 0 Å². The molecule has 0 unspecified atom stereocenters. The van der Waals surface area contributed by atoms with E-state index in [0.717, 1.165) is 49.1 Å². The summed E-state index contributed by atoms with van der Waals surface area (Å²) in [5.74, 6) is 2.41. The van der Waals surface area contributed by atoms with Crippen molar-refractivity contribution in [3.05, 3.63) is 48.7 Å². The SMILES string of the molecule is c1ccc(N2CCOCC2)c(Nc2cnnc(Nc3ccc4c(c3)OCO4)n2)c1. The van der Waals surface area contributed by atoms with E-state index in [-0.39, 0.29) is 6.79 Å². The van der Waals surface area contributed by atoms with Crippen LogP contribution in [0.2, 0.25) is 0 Å². The summed E-state index contributed by atoms with van der Waals surface area (Å²) < 4.78 is 16.2. The summed E-state index contributed by atoms with van der Waals surface area (Å²) in [6.45, 7) is 3.41. The molecular formula is C20H20N6O3. The van der Waals surface area contributed by atoms with Gasteiger partial charge in [0, 0.05) is 24.8 Å². The zero-order chi connectivity index (χ0) is 19.5. The van der Waals surface area contributed by atoms with E-state index in [9.17, 15) is 0 Å². The van der Waals surface area contributed by atoms with E-state index in [1.54, 1.807) is 6.20 Å². The van der Waals surface area contributed by atoms with Crippen molar-refractivity contribution >= 4 is 28.8 Å². The summed E-state index contributed by atoms with van der Waals surface area (Å²) >= 11 is 0. The minimum absolute atomic E-state index is 0.235. The Morgan fingerprint density at radius 3 is 2.72 bits per heavy atom. The van der Waals surface area contributed by atoms with Crippen molar-refractivity contribution in [3.8, 4) is 11.5 Å². The van der Waals surface area contributed by atoms with Gasteiger partial charge >= 0.3 is 0 Å². The molecule has 9 heteroatoms. The highest BCUT2D eigenvalue weighted by Gasteiger charge is 2.16. The van der Waals surface area contributed by atoms with Crippen molar-refractivity contribution in [3.63, 3.8) is 0 Å². The molecule has 0 spiro atoms. The van der Waals surface area contributed by atoms with Crippen LogP contribution in [0.5, 0.6) is 11.5 Å². The van der Waals surface area contributed by atoms with Gasteiger partial charge in [0.25, 0.3) is 0 Å². The third kappa shape index (κ3) is 3.85. The van der Waals surface area contributed by atoms with Gasteiger partial charge in [-0.2, -0.15) is 10.1 Å². The molecular weight excluding hydrogens is 372 g/mol. The lowest BCUT2D eigenvalue weighted by Gasteiger charge is -2.30. The Labute approximate surface area is 167 Å². The molecule has 1 aromatic heterocycles. The number of rotatable bonds is 5. The number of benzene rings is 2. The van der Waals surface area contributed by atoms with Crippen LogP contribution < -0.4 is 25.0 Å². The van der Waals surface area contributed by atoms with Crippen LogP contribution >= 0.6 is 0 Å². The molecule has 1 fully saturated rings. The second kappa shape index (κ2) is 7.80. The van der Waals surface area contributed by atoms with Gasteiger partial charge in [-0.1, -0.05) is 12.1 Å². The first-order valence-corrected chi connectivity index (χ1v) is 9.40. The maximum absolute atomic E-state index is 5.46. The standard InChI is InChI=1S/C20H20N6O3/c1-2-4-16(26-7-9-27-10-8-26)15(3-1)23-19-12-21-25-20(24-19)22-14-5-6-17-18(11-14)29-13-28-17/h1-6,11-12H,7-10,13H2,(H2,22,23,24,25). The van der Waals surface area contributed by atoms with E-state index in [4.69, 9.17) is 14.2 Å². The Bertz CT molecular complexity index is 1010. The molecule has 0 radical (unpaired) electrons. The molecule has 0 amide bonds. The number of anilines is 5. The molecule has 2 aromatic carbocycles. The van der Waals surface area contributed by atoms with Gasteiger partial charge in [0.1, 0.15) is 0 Å². The molecule has 0 bridgehead atoms. The monoisotopic (exact) mass is 392 g/mol. The van der Waals surface area contributed by atoms with Crippen molar-refractivity contribution in [1.29, 1.82) is 0 Å². The molecule has 2 aliphatic rings. The Kier molecular flexibility index (Phi) is 4.71. The number of nitrogens with zero attached hydrogens (tertiary/aromatic N) is 4. The van der Waals surface area contributed by atoms with E-state index >= 15 is 0 Å². The number of nitrogens with one attached hydrogen (secondary N) is 2. The quantitative estimate of drug-likeness (QED) is 0.680. The molecule has 3 aromatic rings. The van der Waals surface area contributed by atoms with Crippen LogP contribution in [0.3, 0.4) is 0 Å². The van der Waals surface area contributed by atoms with E-state index in [2.05, 4.69) is 36.8 Å². The molecule has 9 nitrogen and oxygen atoms in total. The van der Waals surface area contributed by atoms with Crippen LogP contribution in [0.4, 0.5) is 28.8 Å². The maximum Gasteiger partial charge on any atom is 0.249 e. The average molecular weight is 392 g/mol. The lowest BCUT2D eigenvalue weighted by molar-refractivity contribution is 0.123.